The first kappa shape index (κ1) is 42.7. The Morgan fingerprint density at radius 2 is 1.39 bits per heavy atom. The van der Waals surface area contributed by atoms with Crippen LogP contribution in [0.5, 0.6) is 0 Å². The Balaban J connectivity index is -0.0000000403. The first-order valence-electron chi connectivity index (χ1n) is 4.98. The van der Waals surface area contributed by atoms with Crippen molar-refractivity contribution in [3.05, 3.63) is 0 Å². The summed E-state index contributed by atoms with van der Waals surface area (Å²) in [6, 6.07) is 0. The van der Waals surface area contributed by atoms with Crippen LogP contribution in [0.2, 0.25) is 0 Å². The first-order chi connectivity index (χ1) is 5.76. The SMILES string of the molecule is C.C.C.C.C.C.CC[I-]C(CCPC)C(C)CC. The van der Waals surface area contributed by atoms with E-state index in [2.05, 4.69) is 27.4 Å². The van der Waals surface area contributed by atoms with Gasteiger partial charge in [0.05, 0.1) is 0 Å². The summed E-state index contributed by atoms with van der Waals surface area (Å²) >= 11 is 0.507. The van der Waals surface area contributed by atoms with Crippen LogP contribution >= 0.6 is 8.58 Å². The van der Waals surface area contributed by atoms with Crippen LogP contribution < -0.4 is 21.2 Å². The molecule has 0 saturated carbocycles. The van der Waals surface area contributed by atoms with Crippen molar-refractivity contribution in [2.24, 2.45) is 5.92 Å². The summed E-state index contributed by atoms with van der Waals surface area (Å²) in [5.41, 5.74) is 0. The Kier molecular flexibility index (Phi) is 73.3. The van der Waals surface area contributed by atoms with E-state index in [1.807, 2.05) is 0 Å². The second-order valence-corrected chi connectivity index (χ2v) is 8.43. The van der Waals surface area contributed by atoms with Crippen LogP contribution in [0.15, 0.2) is 0 Å². The summed E-state index contributed by atoms with van der Waals surface area (Å²) in [5.74, 6) is 0.995. The fourth-order valence-electron chi connectivity index (χ4n) is 1.25. The molecule has 124 valence electrons. The van der Waals surface area contributed by atoms with Crippen LogP contribution in [0, 0.1) is 5.92 Å². The average Bonchev–Trinajstić information content (AvgIpc) is 2.11. The van der Waals surface area contributed by atoms with Gasteiger partial charge in [0, 0.05) is 0 Å². The quantitative estimate of drug-likeness (QED) is 0.346. The Morgan fingerprint density at radius 3 is 1.67 bits per heavy atom. The number of rotatable bonds is 7. The van der Waals surface area contributed by atoms with Crippen LogP contribution in [0.1, 0.15) is 78.2 Å². The van der Waals surface area contributed by atoms with E-state index in [1.54, 1.807) is 0 Å². The summed E-state index contributed by atoms with van der Waals surface area (Å²) in [5, 5.41) is 0. The van der Waals surface area contributed by atoms with Crippen molar-refractivity contribution in [1.29, 1.82) is 0 Å². The summed E-state index contributed by atoms with van der Waals surface area (Å²) in [7, 11) is 1.17. The molecule has 0 aliphatic heterocycles. The number of alkyl halides is 2. The fourth-order valence-corrected chi connectivity index (χ4v) is 5.70. The molecular formula is C16H47IP-. The predicted molar refractivity (Wildman–Crippen MR) is 97.9 cm³/mol. The summed E-state index contributed by atoms with van der Waals surface area (Å²) < 4.78 is 2.59. The normalized spacial score (nSPS) is 11.6. The zero-order valence-corrected chi connectivity index (χ0v) is 12.0. The molecule has 0 rings (SSSR count). The molecule has 3 atom stereocenters. The molecule has 0 bridgehead atoms. The maximum atomic E-state index is 2.44. The first-order valence-corrected chi connectivity index (χ1v) is 9.46. The maximum absolute atomic E-state index is 2.44. The van der Waals surface area contributed by atoms with Gasteiger partial charge in [0.25, 0.3) is 0 Å². The molecule has 0 aromatic rings. The Bertz CT molecular complexity index is 97.1. The van der Waals surface area contributed by atoms with E-state index in [9.17, 15) is 0 Å². The molecule has 0 spiro atoms. The Morgan fingerprint density at radius 1 is 0.944 bits per heavy atom. The fraction of sp³-hybridized carbons (Fsp3) is 1.00. The minimum absolute atomic E-state index is 0. The van der Waals surface area contributed by atoms with Gasteiger partial charge in [-0.05, 0) is 0 Å². The number of hydrogen-bond acceptors (Lipinski definition) is 0. The second kappa shape index (κ2) is 30.9. The molecule has 0 aliphatic rings. The van der Waals surface area contributed by atoms with E-state index in [4.69, 9.17) is 0 Å². The molecular weight excluding hydrogens is 350 g/mol. The van der Waals surface area contributed by atoms with Gasteiger partial charge in [-0.2, -0.15) is 0 Å². The standard InChI is InChI=1S/C10H23IP.6CH4/c1-5-9(3)10(11-6-2)7-8-12-4;;;;;;/h9-10,12H,5-8H2,1-4H3;6*1H4/q-1;;;;;;. The predicted octanol–water partition coefficient (Wildman–Crippen LogP) is 4.03. The van der Waals surface area contributed by atoms with Gasteiger partial charge in [0.15, 0.2) is 0 Å². The number of hydrogen-bond donors (Lipinski definition) is 0. The van der Waals surface area contributed by atoms with Crippen LogP contribution in [0.25, 0.3) is 0 Å². The topological polar surface area (TPSA) is 0 Å². The van der Waals surface area contributed by atoms with Crippen molar-refractivity contribution >= 4 is 8.58 Å². The third kappa shape index (κ3) is 22.3. The van der Waals surface area contributed by atoms with Crippen molar-refractivity contribution in [2.75, 3.05) is 17.3 Å². The van der Waals surface area contributed by atoms with E-state index in [1.165, 1.54) is 32.0 Å². The van der Waals surface area contributed by atoms with E-state index < -0.39 is 0 Å². The molecule has 0 aromatic carbocycles. The van der Waals surface area contributed by atoms with E-state index >= 15 is 0 Å². The molecule has 0 radical (unpaired) electrons. The van der Waals surface area contributed by atoms with Gasteiger partial charge in [-0.25, -0.2) is 0 Å². The van der Waals surface area contributed by atoms with Gasteiger partial charge in [-0.15, -0.1) is 0 Å². The van der Waals surface area contributed by atoms with Gasteiger partial charge in [-0.1, -0.05) is 44.6 Å². The summed E-state index contributed by atoms with van der Waals surface area (Å²) in [6.07, 6.45) is 4.39. The molecule has 0 heterocycles. The third-order valence-electron chi connectivity index (χ3n) is 2.28. The molecule has 3 unspecified atom stereocenters. The van der Waals surface area contributed by atoms with E-state index in [0.717, 1.165) is 9.84 Å². The van der Waals surface area contributed by atoms with Gasteiger partial charge < -0.3 is 0 Å². The van der Waals surface area contributed by atoms with E-state index in [0.29, 0.717) is 21.2 Å². The zero-order valence-electron chi connectivity index (χ0n) is 8.86. The molecule has 2 heteroatoms. The van der Waals surface area contributed by atoms with Crippen LogP contribution in [-0.2, 0) is 0 Å². The van der Waals surface area contributed by atoms with Crippen molar-refractivity contribution in [3.63, 3.8) is 0 Å². The van der Waals surface area contributed by atoms with Crippen molar-refractivity contribution in [2.45, 2.75) is 82.1 Å². The summed E-state index contributed by atoms with van der Waals surface area (Å²) in [6.45, 7) is 9.47. The molecule has 0 fully saturated rings. The third-order valence-corrected chi connectivity index (χ3v) is 6.94. The molecule has 0 aromatic heterocycles. The van der Waals surface area contributed by atoms with Crippen molar-refractivity contribution < 1.29 is 21.2 Å². The van der Waals surface area contributed by atoms with Crippen LogP contribution in [-0.4, -0.2) is 21.2 Å². The van der Waals surface area contributed by atoms with Gasteiger partial charge in [0.1, 0.15) is 0 Å². The second-order valence-electron chi connectivity index (χ2n) is 3.22. The Hall–Kier alpha value is 1.16. The molecule has 18 heavy (non-hydrogen) atoms. The van der Waals surface area contributed by atoms with Gasteiger partial charge >= 0.3 is 90.5 Å². The molecule has 0 saturated heterocycles. The van der Waals surface area contributed by atoms with E-state index in [-0.39, 0.29) is 44.6 Å². The molecule has 0 amide bonds. The molecule has 0 N–H and O–H groups in total. The number of halogens is 1. The molecule has 0 nitrogen and oxygen atoms in total. The van der Waals surface area contributed by atoms with Crippen LogP contribution in [0.4, 0.5) is 0 Å². The van der Waals surface area contributed by atoms with Crippen LogP contribution in [0.3, 0.4) is 0 Å². The average molecular weight is 397 g/mol. The van der Waals surface area contributed by atoms with Crippen molar-refractivity contribution in [3.8, 4) is 0 Å². The Labute approximate surface area is 135 Å². The minimum atomic E-state index is 0. The van der Waals surface area contributed by atoms with Gasteiger partial charge in [-0.3, -0.25) is 0 Å². The monoisotopic (exact) mass is 397 g/mol. The zero-order chi connectivity index (χ0) is 9.40. The molecule has 0 aliphatic carbocycles. The van der Waals surface area contributed by atoms with Crippen molar-refractivity contribution in [1.82, 2.24) is 0 Å². The van der Waals surface area contributed by atoms with Gasteiger partial charge in [0.2, 0.25) is 0 Å². The summed E-state index contributed by atoms with van der Waals surface area (Å²) in [4.78, 5) is 0.